The number of hydrogen-bond donors (Lipinski definition) is 0. The zero-order valence-corrected chi connectivity index (χ0v) is 36.3. The predicted octanol–water partition coefficient (Wildman–Crippen LogP) is 16.4. The van der Waals surface area contributed by atoms with Gasteiger partial charge in [0.05, 0.1) is 22.8 Å². The second kappa shape index (κ2) is 18.2. The molecule has 9 rings (SSSR count). The lowest BCUT2D eigenvalue weighted by Gasteiger charge is -2.16. The molecular formula is C59H50N2O2. The number of benzene rings is 7. The summed E-state index contributed by atoms with van der Waals surface area (Å²) in [4.78, 5) is 10.9. The highest BCUT2D eigenvalue weighted by Gasteiger charge is 2.22. The van der Waals surface area contributed by atoms with Crippen molar-refractivity contribution in [1.82, 2.24) is 0 Å². The van der Waals surface area contributed by atoms with Crippen LogP contribution < -0.4 is 0 Å². The first-order valence-electron chi connectivity index (χ1n) is 21.9. The van der Waals surface area contributed by atoms with Gasteiger partial charge in [-0.25, -0.2) is 4.99 Å². The standard InChI is InChI=1S/C59H50N2O2/c1-6-22-52(60-53(44-27-16-10-17-28-44)35-40(4)42-23-12-8-13-24-42)48-33-20-31-46-50-37-51-47-32-21-34-49(59(47)63-56(51)38-55(50)62-58(46)48)57(39(3)7-2)61-54(45-29-18-11-19-30-45)36-41(5)43-25-14-9-15-26-43/h8-39H,5-7H2,1-4H3/b40-35+,52-22+,54-36-,60-53-,61-57?/t39-/m1/s1. The van der Waals surface area contributed by atoms with Crippen molar-refractivity contribution in [2.75, 3.05) is 0 Å². The fourth-order valence-electron chi connectivity index (χ4n) is 8.26. The maximum atomic E-state index is 6.87. The molecule has 0 unspecified atom stereocenters. The Bertz CT molecular complexity index is 3250. The minimum Gasteiger partial charge on any atom is -0.455 e. The number of allylic oxidation sites excluding steroid dienone is 5. The third kappa shape index (κ3) is 8.41. The average Bonchev–Trinajstić information content (AvgIpc) is 3.90. The Morgan fingerprint density at radius 3 is 1.63 bits per heavy atom. The van der Waals surface area contributed by atoms with E-state index < -0.39 is 0 Å². The molecule has 0 fully saturated rings. The predicted molar refractivity (Wildman–Crippen MR) is 268 cm³/mol. The van der Waals surface area contributed by atoms with Crippen molar-refractivity contribution in [3.63, 3.8) is 0 Å². The van der Waals surface area contributed by atoms with Crippen molar-refractivity contribution in [3.05, 3.63) is 228 Å². The van der Waals surface area contributed by atoms with Gasteiger partial charge in [0.1, 0.15) is 22.3 Å². The van der Waals surface area contributed by atoms with Gasteiger partial charge in [-0.05, 0) is 78.3 Å². The average molecular weight is 819 g/mol. The van der Waals surface area contributed by atoms with Crippen LogP contribution in [0.5, 0.6) is 0 Å². The monoisotopic (exact) mass is 818 g/mol. The molecule has 1 atom stereocenters. The molecular weight excluding hydrogens is 769 g/mol. The first-order valence-corrected chi connectivity index (χ1v) is 21.9. The van der Waals surface area contributed by atoms with Gasteiger partial charge in [0.25, 0.3) is 0 Å². The minimum absolute atomic E-state index is 0.146. The number of furan rings is 2. The van der Waals surface area contributed by atoms with E-state index in [4.69, 9.17) is 18.8 Å². The quantitative estimate of drug-likeness (QED) is 0.0859. The van der Waals surface area contributed by atoms with E-state index in [1.54, 1.807) is 0 Å². The number of nitrogens with zero attached hydrogens (tertiary/aromatic N) is 2. The fraction of sp³-hybridized carbons (Fsp3) is 0.119. The Balaban J connectivity index is 1.17. The van der Waals surface area contributed by atoms with Crippen molar-refractivity contribution < 1.29 is 8.83 Å². The van der Waals surface area contributed by atoms with Gasteiger partial charge in [-0.3, -0.25) is 4.99 Å². The number of rotatable bonds is 13. The molecule has 2 heterocycles. The fourth-order valence-corrected chi connectivity index (χ4v) is 8.26. The lowest BCUT2D eigenvalue weighted by Crippen LogP contribution is -2.12. The zero-order chi connectivity index (χ0) is 43.3. The van der Waals surface area contributed by atoms with Gasteiger partial charge in [-0.15, -0.1) is 0 Å². The molecule has 0 amide bonds. The molecule has 308 valence electrons. The molecule has 0 bridgehead atoms. The lowest BCUT2D eigenvalue weighted by molar-refractivity contribution is 0.654. The minimum atomic E-state index is 0.146. The van der Waals surface area contributed by atoms with E-state index in [-0.39, 0.29) is 5.92 Å². The summed E-state index contributed by atoms with van der Waals surface area (Å²) in [5.41, 5.74) is 15.0. The Labute approximate surface area is 369 Å². The number of aliphatic imine (C=N–C) groups is 2. The molecule has 2 aromatic heterocycles. The van der Waals surface area contributed by atoms with Crippen LogP contribution in [0.1, 0.15) is 73.9 Å². The summed E-state index contributed by atoms with van der Waals surface area (Å²) in [6.45, 7) is 13.2. The normalized spacial score (nSPS) is 13.7. The van der Waals surface area contributed by atoms with Gasteiger partial charge in [0, 0.05) is 49.9 Å². The van der Waals surface area contributed by atoms with Crippen molar-refractivity contribution in [1.29, 1.82) is 0 Å². The molecule has 0 aliphatic heterocycles. The Kier molecular flexibility index (Phi) is 11.8. The van der Waals surface area contributed by atoms with E-state index in [2.05, 4.69) is 180 Å². The first kappa shape index (κ1) is 40.8. The summed E-state index contributed by atoms with van der Waals surface area (Å²) >= 11 is 0. The van der Waals surface area contributed by atoms with Crippen LogP contribution in [0.3, 0.4) is 0 Å². The third-order valence-corrected chi connectivity index (χ3v) is 11.8. The van der Waals surface area contributed by atoms with Gasteiger partial charge in [-0.2, -0.15) is 0 Å². The first-order chi connectivity index (χ1) is 30.9. The summed E-state index contributed by atoms with van der Waals surface area (Å²) in [7, 11) is 0. The third-order valence-electron chi connectivity index (χ3n) is 11.8. The second-order valence-electron chi connectivity index (χ2n) is 16.1. The molecule has 0 spiro atoms. The molecule has 63 heavy (non-hydrogen) atoms. The van der Waals surface area contributed by atoms with Crippen LogP contribution >= 0.6 is 0 Å². The van der Waals surface area contributed by atoms with Crippen molar-refractivity contribution >= 4 is 77.8 Å². The summed E-state index contributed by atoms with van der Waals surface area (Å²) in [5.74, 6) is 0.146. The summed E-state index contributed by atoms with van der Waals surface area (Å²) in [6.07, 6.45) is 8.18. The molecule has 4 heteroatoms. The number of para-hydroxylation sites is 2. The number of hydrogen-bond acceptors (Lipinski definition) is 4. The summed E-state index contributed by atoms with van der Waals surface area (Å²) in [5, 5.41) is 4.12. The van der Waals surface area contributed by atoms with Crippen LogP contribution in [0.4, 0.5) is 0 Å². The van der Waals surface area contributed by atoms with Gasteiger partial charge in [-0.1, -0.05) is 179 Å². The van der Waals surface area contributed by atoms with Gasteiger partial charge < -0.3 is 8.83 Å². The number of fused-ring (bicyclic) bond motifs is 6. The Morgan fingerprint density at radius 1 is 0.540 bits per heavy atom. The smallest absolute Gasteiger partial charge is 0.144 e. The van der Waals surface area contributed by atoms with Crippen LogP contribution in [-0.4, -0.2) is 11.4 Å². The Hall–Kier alpha value is -7.56. The van der Waals surface area contributed by atoms with Crippen LogP contribution in [0.15, 0.2) is 213 Å². The summed E-state index contributed by atoms with van der Waals surface area (Å²) in [6, 6.07) is 58.5. The van der Waals surface area contributed by atoms with Gasteiger partial charge >= 0.3 is 0 Å². The largest absolute Gasteiger partial charge is 0.455 e. The van der Waals surface area contributed by atoms with Crippen molar-refractivity contribution in [2.24, 2.45) is 15.9 Å². The molecule has 7 aromatic carbocycles. The molecule has 0 N–H and O–H groups in total. The Morgan fingerprint density at radius 2 is 1.06 bits per heavy atom. The second-order valence-corrected chi connectivity index (χ2v) is 16.1. The van der Waals surface area contributed by atoms with Gasteiger partial charge in [0.15, 0.2) is 0 Å². The molecule has 0 saturated carbocycles. The highest BCUT2D eigenvalue weighted by Crippen LogP contribution is 2.41. The lowest BCUT2D eigenvalue weighted by atomic mass is 9.93. The van der Waals surface area contributed by atoms with Crippen LogP contribution in [0.2, 0.25) is 0 Å². The van der Waals surface area contributed by atoms with E-state index in [1.807, 2.05) is 42.5 Å². The molecule has 0 radical (unpaired) electrons. The van der Waals surface area contributed by atoms with E-state index in [0.29, 0.717) is 0 Å². The molecule has 0 aliphatic carbocycles. The summed E-state index contributed by atoms with van der Waals surface area (Å²) < 4.78 is 13.7. The maximum Gasteiger partial charge on any atom is 0.144 e. The SMILES string of the molecule is C=C(/C=C(\N=C(c1cccc2c1oc1cc3oc4c(C(=C\CC)/N=C(/C=C(\C)c5ccccc5)c5ccccc5)cccc4c3cc12)[C@H](C)CC)c1ccccc1)c1ccccc1. The van der Waals surface area contributed by atoms with E-state index in [0.717, 1.165) is 124 Å². The van der Waals surface area contributed by atoms with Crippen molar-refractivity contribution in [2.45, 2.75) is 40.5 Å². The van der Waals surface area contributed by atoms with E-state index in [9.17, 15) is 0 Å². The van der Waals surface area contributed by atoms with Crippen molar-refractivity contribution in [3.8, 4) is 0 Å². The van der Waals surface area contributed by atoms with Crippen LogP contribution in [-0.2, 0) is 0 Å². The van der Waals surface area contributed by atoms with Gasteiger partial charge in [0.2, 0.25) is 0 Å². The highest BCUT2D eigenvalue weighted by molar-refractivity contribution is 6.21. The highest BCUT2D eigenvalue weighted by atomic mass is 16.3. The van der Waals surface area contributed by atoms with Crippen LogP contribution in [0, 0.1) is 5.92 Å². The molecule has 9 aromatic rings. The zero-order valence-electron chi connectivity index (χ0n) is 36.3. The molecule has 0 aliphatic rings. The maximum absolute atomic E-state index is 6.87. The van der Waals surface area contributed by atoms with E-state index >= 15 is 0 Å². The molecule has 0 saturated heterocycles. The van der Waals surface area contributed by atoms with Crippen LogP contribution in [0.25, 0.3) is 66.4 Å². The van der Waals surface area contributed by atoms with E-state index in [1.165, 1.54) is 0 Å². The topological polar surface area (TPSA) is 51.0 Å². The molecule has 4 nitrogen and oxygen atoms in total.